The van der Waals surface area contributed by atoms with E-state index in [-0.39, 0.29) is 24.3 Å². The van der Waals surface area contributed by atoms with Gasteiger partial charge >= 0.3 is 6.03 Å². The van der Waals surface area contributed by atoms with Crippen molar-refractivity contribution in [2.24, 2.45) is 0 Å². The van der Waals surface area contributed by atoms with E-state index < -0.39 is 4.87 Å². The normalized spacial score (nSPS) is 19.5. The lowest BCUT2D eigenvalue weighted by Gasteiger charge is -2.33. The fraction of sp³-hybridized carbons (Fsp3) is 0.200. The molecule has 1 fully saturated rings. The minimum absolute atomic E-state index is 0.176. The van der Waals surface area contributed by atoms with Crippen molar-refractivity contribution in [1.29, 1.82) is 0 Å². The van der Waals surface area contributed by atoms with Gasteiger partial charge in [-0.2, -0.15) is 0 Å². The van der Waals surface area contributed by atoms with Crippen LogP contribution in [0.5, 0.6) is 0 Å². The Balaban J connectivity index is 1.51. The quantitative estimate of drug-likeness (QED) is 0.607. The Bertz CT molecular complexity index is 1220. The van der Waals surface area contributed by atoms with Crippen LogP contribution in [-0.4, -0.2) is 29.1 Å². The van der Waals surface area contributed by atoms with Crippen molar-refractivity contribution in [3.05, 3.63) is 95.3 Å². The van der Waals surface area contributed by atoms with Gasteiger partial charge in [0.05, 0.1) is 12.2 Å². The highest BCUT2D eigenvalue weighted by Crippen LogP contribution is 2.54. The van der Waals surface area contributed by atoms with Gasteiger partial charge < -0.3 is 10.2 Å². The number of hydrogen-bond donors (Lipinski definition) is 1. The molecule has 5 nitrogen and oxygen atoms in total. The highest BCUT2D eigenvalue weighted by molar-refractivity contribution is 8.01. The Labute approximate surface area is 190 Å². The van der Waals surface area contributed by atoms with Crippen LogP contribution in [0.15, 0.2) is 72.8 Å². The molecule has 1 unspecified atom stereocenters. The van der Waals surface area contributed by atoms with Crippen molar-refractivity contribution in [2.75, 3.05) is 22.5 Å². The lowest BCUT2D eigenvalue weighted by atomic mass is 10.1. The number of benzene rings is 3. The smallest absolute Gasteiger partial charge is 0.308 e. The molecule has 162 valence electrons. The number of carbonyl (C=O) groups is 2. The van der Waals surface area contributed by atoms with Crippen molar-refractivity contribution < 1.29 is 14.0 Å². The van der Waals surface area contributed by atoms with E-state index in [1.165, 1.54) is 23.9 Å². The second kappa shape index (κ2) is 7.98. The lowest BCUT2D eigenvalue weighted by molar-refractivity contribution is -0.123. The largest absolute Gasteiger partial charge is 0.323 e. The molecule has 1 saturated heterocycles. The van der Waals surface area contributed by atoms with Crippen LogP contribution in [-0.2, 0) is 16.2 Å². The molecule has 0 saturated carbocycles. The van der Waals surface area contributed by atoms with E-state index in [0.29, 0.717) is 23.5 Å². The first kappa shape index (κ1) is 20.6. The summed E-state index contributed by atoms with van der Waals surface area (Å²) in [4.78, 5) is 29.4. The number of amides is 3. The van der Waals surface area contributed by atoms with Gasteiger partial charge in [-0.3, -0.25) is 9.69 Å². The SMILES string of the molecule is Cc1cccc(NC(=O)N2CCSC23C(=O)N(Cc2cccc(F)c2)c2ccccc23)c1. The van der Waals surface area contributed by atoms with Gasteiger partial charge in [0.15, 0.2) is 4.87 Å². The molecule has 32 heavy (non-hydrogen) atoms. The molecule has 7 heteroatoms. The average molecular weight is 448 g/mol. The van der Waals surface area contributed by atoms with Crippen molar-refractivity contribution in [2.45, 2.75) is 18.3 Å². The number of fused-ring (bicyclic) bond motifs is 2. The molecule has 1 N–H and O–H groups in total. The standard InChI is InChI=1S/C25H22FN3O2S/c1-17-6-4-9-20(14-17)27-24(31)29-12-13-32-25(29)21-10-2-3-11-22(21)28(23(25)30)16-18-7-5-8-19(26)15-18/h2-11,14-15H,12-13,16H2,1H3,(H,27,31). The number of urea groups is 1. The van der Waals surface area contributed by atoms with E-state index >= 15 is 0 Å². The molecule has 2 aliphatic rings. The number of nitrogens with zero attached hydrogens (tertiary/aromatic N) is 2. The third kappa shape index (κ3) is 3.33. The van der Waals surface area contributed by atoms with Gasteiger partial charge in [-0.1, -0.05) is 42.5 Å². The topological polar surface area (TPSA) is 52.7 Å². The summed E-state index contributed by atoms with van der Waals surface area (Å²) in [5.74, 6) is 0.131. The summed E-state index contributed by atoms with van der Waals surface area (Å²) in [7, 11) is 0. The van der Waals surface area contributed by atoms with E-state index in [1.54, 1.807) is 21.9 Å². The molecule has 2 heterocycles. The predicted molar refractivity (Wildman–Crippen MR) is 125 cm³/mol. The van der Waals surface area contributed by atoms with Gasteiger partial charge in [-0.15, -0.1) is 11.8 Å². The molecule has 3 aromatic carbocycles. The predicted octanol–water partition coefficient (Wildman–Crippen LogP) is 5.11. The molecule has 3 aromatic rings. The third-order valence-corrected chi connectivity index (χ3v) is 7.26. The van der Waals surface area contributed by atoms with E-state index in [1.807, 2.05) is 55.5 Å². The van der Waals surface area contributed by atoms with Crippen LogP contribution in [0.1, 0.15) is 16.7 Å². The van der Waals surface area contributed by atoms with Crippen LogP contribution in [0.25, 0.3) is 0 Å². The van der Waals surface area contributed by atoms with Gasteiger partial charge in [0.25, 0.3) is 5.91 Å². The highest BCUT2D eigenvalue weighted by Gasteiger charge is 2.59. The number of halogens is 1. The molecule has 0 aliphatic carbocycles. The molecule has 2 aliphatic heterocycles. The highest BCUT2D eigenvalue weighted by atomic mass is 32.2. The molecule has 1 spiro atoms. The van der Waals surface area contributed by atoms with Crippen molar-refractivity contribution >= 4 is 35.1 Å². The molecule has 0 bridgehead atoms. The molecular weight excluding hydrogens is 425 g/mol. The summed E-state index contributed by atoms with van der Waals surface area (Å²) in [6.45, 7) is 2.66. The average Bonchev–Trinajstić information content (AvgIpc) is 3.31. The number of para-hydroxylation sites is 1. The van der Waals surface area contributed by atoms with Crippen molar-refractivity contribution in [1.82, 2.24) is 4.90 Å². The maximum absolute atomic E-state index is 13.9. The lowest BCUT2D eigenvalue weighted by Crippen LogP contribution is -2.51. The third-order valence-electron chi connectivity index (χ3n) is 5.85. The zero-order valence-electron chi connectivity index (χ0n) is 17.5. The van der Waals surface area contributed by atoms with Gasteiger partial charge in [0.1, 0.15) is 5.82 Å². The number of anilines is 2. The summed E-state index contributed by atoms with van der Waals surface area (Å²) in [5.41, 5.74) is 3.98. The van der Waals surface area contributed by atoms with E-state index in [0.717, 1.165) is 16.8 Å². The first-order valence-electron chi connectivity index (χ1n) is 10.4. The molecule has 3 amide bonds. The maximum atomic E-state index is 13.9. The maximum Gasteiger partial charge on any atom is 0.323 e. The Hall–Kier alpha value is -3.32. The van der Waals surface area contributed by atoms with E-state index in [9.17, 15) is 14.0 Å². The van der Waals surface area contributed by atoms with Gasteiger partial charge in [-0.05, 0) is 48.4 Å². The minimum Gasteiger partial charge on any atom is -0.308 e. The summed E-state index contributed by atoms with van der Waals surface area (Å²) in [6, 6.07) is 21.1. The zero-order valence-corrected chi connectivity index (χ0v) is 18.4. The Morgan fingerprint density at radius 1 is 1.09 bits per heavy atom. The first-order chi connectivity index (χ1) is 15.5. The number of nitrogens with one attached hydrogen (secondary N) is 1. The van der Waals surface area contributed by atoms with Gasteiger partial charge in [-0.25, -0.2) is 9.18 Å². The second-order valence-electron chi connectivity index (χ2n) is 7.98. The summed E-state index contributed by atoms with van der Waals surface area (Å²) >= 11 is 1.47. The monoisotopic (exact) mass is 447 g/mol. The molecule has 0 radical (unpaired) electrons. The zero-order chi connectivity index (χ0) is 22.3. The first-order valence-corrected chi connectivity index (χ1v) is 11.4. The number of hydrogen-bond acceptors (Lipinski definition) is 3. The molecule has 5 rings (SSSR count). The fourth-order valence-electron chi connectivity index (χ4n) is 4.46. The minimum atomic E-state index is -1.13. The molecular formula is C25H22FN3O2S. The Morgan fingerprint density at radius 3 is 2.72 bits per heavy atom. The van der Waals surface area contributed by atoms with E-state index in [4.69, 9.17) is 0 Å². The summed E-state index contributed by atoms with van der Waals surface area (Å²) < 4.78 is 13.8. The number of rotatable bonds is 3. The summed E-state index contributed by atoms with van der Waals surface area (Å²) in [6.07, 6.45) is 0. The number of thioether (sulfide) groups is 1. The van der Waals surface area contributed by atoms with Crippen molar-refractivity contribution in [3.63, 3.8) is 0 Å². The van der Waals surface area contributed by atoms with Crippen molar-refractivity contribution in [3.8, 4) is 0 Å². The number of carbonyl (C=O) groups excluding carboxylic acids is 2. The van der Waals surface area contributed by atoms with Crippen LogP contribution >= 0.6 is 11.8 Å². The fourth-order valence-corrected chi connectivity index (χ4v) is 5.92. The van der Waals surface area contributed by atoms with Crippen LogP contribution in [0.2, 0.25) is 0 Å². The van der Waals surface area contributed by atoms with E-state index in [2.05, 4.69) is 5.32 Å². The van der Waals surface area contributed by atoms with Crippen LogP contribution in [0, 0.1) is 12.7 Å². The molecule has 0 aromatic heterocycles. The Kier molecular flexibility index (Phi) is 5.13. The Morgan fingerprint density at radius 2 is 1.91 bits per heavy atom. The second-order valence-corrected chi connectivity index (χ2v) is 9.27. The van der Waals surface area contributed by atoms with Gasteiger partial charge in [0.2, 0.25) is 0 Å². The van der Waals surface area contributed by atoms with Crippen LogP contribution in [0.4, 0.5) is 20.6 Å². The number of aryl methyl sites for hydroxylation is 1. The summed E-state index contributed by atoms with van der Waals surface area (Å²) in [5, 5.41) is 2.95. The van der Waals surface area contributed by atoms with Crippen LogP contribution in [0.3, 0.4) is 0 Å². The molecule has 1 atom stereocenters. The van der Waals surface area contributed by atoms with Crippen LogP contribution < -0.4 is 10.2 Å². The van der Waals surface area contributed by atoms with Gasteiger partial charge in [0, 0.05) is 23.5 Å².